The quantitative estimate of drug-likeness (QED) is 0.838. The molecule has 1 aliphatic rings. The Morgan fingerprint density at radius 3 is 2.62 bits per heavy atom. The van der Waals surface area contributed by atoms with E-state index in [-0.39, 0.29) is 12.0 Å². The molecular formula is C13H14O3. The predicted octanol–water partition coefficient (Wildman–Crippen LogP) is 2.00. The lowest BCUT2D eigenvalue weighted by Gasteiger charge is -2.38. The molecule has 0 bridgehead atoms. The summed E-state index contributed by atoms with van der Waals surface area (Å²) < 4.78 is 11.1. The Kier molecular flexibility index (Phi) is 2.06. The zero-order valence-corrected chi connectivity index (χ0v) is 9.19. The number of ether oxygens (including phenoxy) is 1. The first kappa shape index (κ1) is 9.87. The van der Waals surface area contributed by atoms with Crippen molar-refractivity contribution in [1.29, 1.82) is 0 Å². The van der Waals surface area contributed by atoms with E-state index in [4.69, 9.17) is 9.15 Å². The van der Waals surface area contributed by atoms with Gasteiger partial charge in [0.05, 0.1) is 25.2 Å². The smallest absolute Gasteiger partial charge is 0.134 e. The number of benzene rings is 1. The van der Waals surface area contributed by atoms with Crippen LogP contribution in [0.3, 0.4) is 0 Å². The molecule has 1 saturated heterocycles. The van der Waals surface area contributed by atoms with Gasteiger partial charge in [0.25, 0.3) is 0 Å². The lowest BCUT2D eigenvalue weighted by atomic mass is 9.82. The number of hydrogen-bond acceptors (Lipinski definition) is 3. The van der Waals surface area contributed by atoms with Crippen molar-refractivity contribution in [2.75, 3.05) is 19.8 Å². The number of furan rings is 1. The van der Waals surface area contributed by atoms with Crippen molar-refractivity contribution in [2.24, 2.45) is 0 Å². The van der Waals surface area contributed by atoms with Gasteiger partial charge in [0.15, 0.2) is 0 Å². The van der Waals surface area contributed by atoms with Gasteiger partial charge in [-0.3, -0.25) is 0 Å². The van der Waals surface area contributed by atoms with E-state index < -0.39 is 0 Å². The molecule has 3 heteroatoms. The summed E-state index contributed by atoms with van der Waals surface area (Å²) in [6, 6.07) is 7.95. The molecule has 0 amide bonds. The number of rotatable bonds is 2. The van der Waals surface area contributed by atoms with Crippen LogP contribution in [0.1, 0.15) is 11.3 Å². The molecule has 1 fully saturated rings. The van der Waals surface area contributed by atoms with Crippen molar-refractivity contribution in [3.05, 3.63) is 35.6 Å². The van der Waals surface area contributed by atoms with Crippen molar-refractivity contribution in [3.63, 3.8) is 0 Å². The average molecular weight is 218 g/mol. The van der Waals surface area contributed by atoms with Gasteiger partial charge in [-0.2, -0.15) is 0 Å². The molecule has 0 atom stereocenters. The number of aliphatic hydroxyl groups is 1. The molecule has 2 aromatic rings. The summed E-state index contributed by atoms with van der Waals surface area (Å²) in [5, 5.41) is 10.6. The van der Waals surface area contributed by atoms with Crippen molar-refractivity contribution in [2.45, 2.75) is 12.3 Å². The zero-order chi connectivity index (χ0) is 11.2. The van der Waals surface area contributed by atoms with Crippen molar-refractivity contribution < 1.29 is 14.3 Å². The van der Waals surface area contributed by atoms with Gasteiger partial charge in [0.2, 0.25) is 0 Å². The van der Waals surface area contributed by atoms with Crippen LogP contribution in [-0.2, 0) is 10.2 Å². The normalized spacial score (nSPS) is 18.6. The Morgan fingerprint density at radius 2 is 2.06 bits per heavy atom. The van der Waals surface area contributed by atoms with E-state index in [0.717, 1.165) is 22.3 Å². The third-order valence-electron chi connectivity index (χ3n) is 3.38. The van der Waals surface area contributed by atoms with Crippen LogP contribution >= 0.6 is 0 Å². The van der Waals surface area contributed by atoms with Crippen molar-refractivity contribution in [1.82, 2.24) is 0 Å². The monoisotopic (exact) mass is 218 g/mol. The molecule has 1 N–H and O–H groups in total. The minimum atomic E-state index is -0.316. The fourth-order valence-corrected chi connectivity index (χ4v) is 2.32. The molecule has 0 spiro atoms. The third kappa shape index (κ3) is 1.16. The fourth-order valence-electron chi connectivity index (χ4n) is 2.32. The first-order valence-corrected chi connectivity index (χ1v) is 5.44. The number of para-hydroxylation sites is 1. The molecular weight excluding hydrogens is 204 g/mol. The van der Waals surface area contributed by atoms with E-state index in [1.807, 2.05) is 31.2 Å². The van der Waals surface area contributed by atoms with Crippen LogP contribution in [0, 0.1) is 6.92 Å². The summed E-state index contributed by atoms with van der Waals surface area (Å²) in [5.74, 6) is 0.877. The van der Waals surface area contributed by atoms with E-state index in [1.54, 1.807) is 0 Å². The van der Waals surface area contributed by atoms with Gasteiger partial charge in [-0.05, 0) is 18.6 Å². The molecule has 0 aliphatic carbocycles. The second kappa shape index (κ2) is 3.34. The lowest BCUT2D eigenvalue weighted by Crippen LogP contribution is -2.49. The third-order valence-corrected chi connectivity index (χ3v) is 3.38. The van der Waals surface area contributed by atoms with E-state index in [2.05, 4.69) is 0 Å². The Bertz CT molecular complexity index is 517. The largest absolute Gasteiger partial charge is 0.460 e. The maximum atomic E-state index is 9.50. The number of fused-ring (bicyclic) bond motifs is 1. The highest BCUT2D eigenvalue weighted by atomic mass is 16.5. The molecule has 84 valence electrons. The maximum Gasteiger partial charge on any atom is 0.134 e. The van der Waals surface area contributed by atoms with Crippen LogP contribution in [0.4, 0.5) is 0 Å². The summed E-state index contributed by atoms with van der Waals surface area (Å²) >= 11 is 0. The molecule has 16 heavy (non-hydrogen) atoms. The Hall–Kier alpha value is -1.32. The molecule has 0 unspecified atom stereocenters. The summed E-state index contributed by atoms with van der Waals surface area (Å²) in [6.07, 6.45) is 0. The standard InChI is InChI=1S/C13H14O3/c1-9-10-4-2-3-5-11(10)16-12(9)13(6-14)7-15-8-13/h2-5,14H,6-8H2,1H3. The second-order valence-electron chi connectivity index (χ2n) is 4.48. The minimum Gasteiger partial charge on any atom is -0.460 e. The zero-order valence-electron chi connectivity index (χ0n) is 9.19. The van der Waals surface area contributed by atoms with Gasteiger partial charge in [-0.15, -0.1) is 0 Å². The highest BCUT2D eigenvalue weighted by molar-refractivity contribution is 5.82. The first-order chi connectivity index (χ1) is 7.77. The van der Waals surface area contributed by atoms with Crippen molar-refractivity contribution >= 4 is 11.0 Å². The van der Waals surface area contributed by atoms with Crippen LogP contribution in [0.15, 0.2) is 28.7 Å². The fraction of sp³-hybridized carbons (Fsp3) is 0.385. The van der Waals surface area contributed by atoms with Crippen LogP contribution < -0.4 is 0 Å². The highest BCUT2D eigenvalue weighted by Crippen LogP contribution is 2.38. The summed E-state index contributed by atoms with van der Waals surface area (Å²) in [7, 11) is 0. The first-order valence-electron chi connectivity index (χ1n) is 5.44. The maximum absolute atomic E-state index is 9.50. The summed E-state index contributed by atoms with van der Waals surface area (Å²) in [5.41, 5.74) is 1.69. The number of aliphatic hydroxyl groups excluding tert-OH is 1. The summed E-state index contributed by atoms with van der Waals surface area (Å²) in [4.78, 5) is 0. The topological polar surface area (TPSA) is 42.6 Å². The van der Waals surface area contributed by atoms with Gasteiger partial charge < -0.3 is 14.3 Å². The Morgan fingerprint density at radius 1 is 1.31 bits per heavy atom. The number of hydrogen-bond donors (Lipinski definition) is 1. The molecule has 1 aromatic heterocycles. The molecule has 0 saturated carbocycles. The second-order valence-corrected chi connectivity index (χ2v) is 4.48. The van der Waals surface area contributed by atoms with E-state index in [1.165, 1.54) is 0 Å². The Balaban J connectivity index is 2.20. The molecule has 3 nitrogen and oxygen atoms in total. The SMILES string of the molecule is Cc1c(C2(CO)COC2)oc2ccccc12. The molecule has 1 aliphatic heterocycles. The Labute approximate surface area is 93.6 Å². The van der Waals surface area contributed by atoms with Crippen LogP contribution in [0.2, 0.25) is 0 Å². The lowest BCUT2D eigenvalue weighted by molar-refractivity contribution is -0.0933. The molecule has 2 heterocycles. The molecule has 0 radical (unpaired) electrons. The molecule has 1 aromatic carbocycles. The van der Waals surface area contributed by atoms with Crippen LogP contribution in [-0.4, -0.2) is 24.9 Å². The van der Waals surface area contributed by atoms with Gasteiger partial charge in [0.1, 0.15) is 11.3 Å². The van der Waals surface area contributed by atoms with Gasteiger partial charge in [-0.1, -0.05) is 18.2 Å². The van der Waals surface area contributed by atoms with Crippen LogP contribution in [0.25, 0.3) is 11.0 Å². The molecule has 3 rings (SSSR count). The highest BCUT2D eigenvalue weighted by Gasteiger charge is 2.44. The van der Waals surface area contributed by atoms with Gasteiger partial charge in [0, 0.05) is 5.39 Å². The average Bonchev–Trinajstić information content (AvgIpc) is 2.57. The van der Waals surface area contributed by atoms with E-state index in [0.29, 0.717) is 13.2 Å². The van der Waals surface area contributed by atoms with Gasteiger partial charge in [-0.25, -0.2) is 0 Å². The number of aryl methyl sites for hydroxylation is 1. The van der Waals surface area contributed by atoms with Crippen molar-refractivity contribution in [3.8, 4) is 0 Å². The summed E-state index contributed by atoms with van der Waals surface area (Å²) in [6.45, 7) is 3.21. The van der Waals surface area contributed by atoms with Crippen LogP contribution in [0.5, 0.6) is 0 Å². The van der Waals surface area contributed by atoms with E-state index in [9.17, 15) is 5.11 Å². The minimum absolute atomic E-state index is 0.0770. The van der Waals surface area contributed by atoms with E-state index >= 15 is 0 Å². The predicted molar refractivity (Wildman–Crippen MR) is 60.5 cm³/mol. The van der Waals surface area contributed by atoms with Gasteiger partial charge >= 0.3 is 0 Å².